The molecule has 1 aliphatic rings. The van der Waals surface area contributed by atoms with E-state index >= 15 is 0 Å². The predicted molar refractivity (Wildman–Crippen MR) is 117 cm³/mol. The molecule has 0 spiro atoms. The van der Waals surface area contributed by atoms with Crippen molar-refractivity contribution in [2.24, 2.45) is 0 Å². The normalized spacial score (nSPS) is 15.7. The molecule has 1 saturated heterocycles. The van der Waals surface area contributed by atoms with Gasteiger partial charge < -0.3 is 4.90 Å². The highest BCUT2D eigenvalue weighted by molar-refractivity contribution is 5.72. The minimum Gasteiger partial charge on any atom is -0.352 e. The second-order valence-electron chi connectivity index (χ2n) is 7.81. The molecule has 0 saturated carbocycles. The molecule has 1 aromatic carbocycles. The molecule has 7 heteroatoms. The first kappa shape index (κ1) is 20.0. The van der Waals surface area contributed by atoms with Gasteiger partial charge in [0.15, 0.2) is 5.82 Å². The SMILES string of the molecule is Cc1n[nH]c(C)c1C(C)N1CCN(c2nccnc2-c2ccc(CC#N)cc2)CC1. The number of benzene rings is 1. The van der Waals surface area contributed by atoms with Gasteiger partial charge in [0.2, 0.25) is 0 Å². The van der Waals surface area contributed by atoms with Crippen LogP contribution < -0.4 is 4.90 Å². The molecular formula is C23H27N7. The van der Waals surface area contributed by atoms with Gasteiger partial charge in [-0.15, -0.1) is 0 Å². The molecule has 3 heterocycles. The van der Waals surface area contributed by atoms with E-state index in [2.05, 4.69) is 56.8 Å². The van der Waals surface area contributed by atoms with Crippen LogP contribution in [0.25, 0.3) is 11.3 Å². The van der Waals surface area contributed by atoms with Crippen LogP contribution in [0.15, 0.2) is 36.7 Å². The topological polar surface area (TPSA) is 84.7 Å². The van der Waals surface area contributed by atoms with Crippen LogP contribution in [0.5, 0.6) is 0 Å². The van der Waals surface area contributed by atoms with E-state index in [1.807, 2.05) is 24.3 Å². The third-order valence-corrected chi connectivity index (χ3v) is 5.95. The number of aromatic nitrogens is 4. The third kappa shape index (κ3) is 3.91. The fourth-order valence-electron chi connectivity index (χ4n) is 4.32. The summed E-state index contributed by atoms with van der Waals surface area (Å²) in [5.41, 5.74) is 6.47. The van der Waals surface area contributed by atoms with Gasteiger partial charge in [-0.3, -0.25) is 15.0 Å². The molecule has 0 amide bonds. The number of nitriles is 1. The molecule has 4 rings (SSSR count). The Balaban J connectivity index is 1.50. The molecule has 1 fully saturated rings. The number of H-pyrrole nitrogens is 1. The average Bonchev–Trinajstić information content (AvgIpc) is 3.12. The van der Waals surface area contributed by atoms with Crippen LogP contribution in [0.4, 0.5) is 5.82 Å². The highest BCUT2D eigenvalue weighted by Gasteiger charge is 2.27. The summed E-state index contributed by atoms with van der Waals surface area (Å²) in [6.45, 7) is 10.1. The quantitative estimate of drug-likeness (QED) is 0.705. The maximum Gasteiger partial charge on any atom is 0.155 e. The summed E-state index contributed by atoms with van der Waals surface area (Å²) in [6.07, 6.45) is 3.92. The molecule has 1 unspecified atom stereocenters. The number of nitrogens with zero attached hydrogens (tertiary/aromatic N) is 6. The number of aryl methyl sites for hydroxylation is 2. The zero-order chi connectivity index (χ0) is 21.1. The van der Waals surface area contributed by atoms with E-state index in [0.717, 1.165) is 60.2 Å². The Hall–Kier alpha value is -3.24. The van der Waals surface area contributed by atoms with Gasteiger partial charge in [-0.2, -0.15) is 10.4 Å². The Morgan fingerprint density at radius 1 is 1.07 bits per heavy atom. The first-order chi connectivity index (χ1) is 14.6. The minimum atomic E-state index is 0.333. The number of piperazine rings is 1. The molecule has 0 bridgehead atoms. The van der Waals surface area contributed by atoms with E-state index in [-0.39, 0.29) is 0 Å². The van der Waals surface area contributed by atoms with E-state index < -0.39 is 0 Å². The lowest BCUT2D eigenvalue weighted by atomic mass is 10.0. The molecule has 154 valence electrons. The summed E-state index contributed by atoms with van der Waals surface area (Å²) >= 11 is 0. The van der Waals surface area contributed by atoms with Crippen LogP contribution in [0.3, 0.4) is 0 Å². The zero-order valence-corrected chi connectivity index (χ0v) is 17.8. The van der Waals surface area contributed by atoms with Gasteiger partial charge in [-0.05, 0) is 26.3 Å². The van der Waals surface area contributed by atoms with E-state index in [4.69, 9.17) is 5.26 Å². The molecule has 3 aromatic rings. The summed E-state index contributed by atoms with van der Waals surface area (Å²) < 4.78 is 0. The fraction of sp³-hybridized carbons (Fsp3) is 0.391. The largest absolute Gasteiger partial charge is 0.352 e. The van der Waals surface area contributed by atoms with Crippen molar-refractivity contribution in [1.82, 2.24) is 25.1 Å². The molecule has 1 atom stereocenters. The van der Waals surface area contributed by atoms with Gasteiger partial charge in [-0.25, -0.2) is 4.98 Å². The Kier molecular flexibility index (Phi) is 5.77. The van der Waals surface area contributed by atoms with Gasteiger partial charge in [0.25, 0.3) is 0 Å². The van der Waals surface area contributed by atoms with Crippen molar-refractivity contribution < 1.29 is 0 Å². The average molecular weight is 402 g/mol. The predicted octanol–water partition coefficient (Wildman–Crippen LogP) is 3.43. The fourth-order valence-corrected chi connectivity index (χ4v) is 4.32. The lowest BCUT2D eigenvalue weighted by Crippen LogP contribution is -2.47. The Bertz CT molecular complexity index is 1020. The summed E-state index contributed by atoms with van der Waals surface area (Å²) in [7, 11) is 0. The molecular weight excluding hydrogens is 374 g/mol. The van der Waals surface area contributed by atoms with E-state index in [9.17, 15) is 0 Å². The zero-order valence-electron chi connectivity index (χ0n) is 17.8. The van der Waals surface area contributed by atoms with Gasteiger partial charge in [-0.1, -0.05) is 24.3 Å². The van der Waals surface area contributed by atoms with Crippen molar-refractivity contribution in [1.29, 1.82) is 5.26 Å². The van der Waals surface area contributed by atoms with Crippen molar-refractivity contribution in [3.8, 4) is 17.3 Å². The standard InChI is InChI=1S/C23H27N7/c1-16-21(17(2)28-27-16)18(3)29-12-14-30(15-13-29)23-22(25-10-11-26-23)20-6-4-19(5-7-20)8-9-24/h4-7,10-11,18H,8,12-15H2,1-3H3,(H,27,28). The molecule has 1 aliphatic heterocycles. The first-order valence-corrected chi connectivity index (χ1v) is 10.4. The minimum absolute atomic E-state index is 0.333. The maximum atomic E-state index is 8.88. The second-order valence-corrected chi connectivity index (χ2v) is 7.81. The summed E-state index contributed by atoms with van der Waals surface area (Å²) in [6, 6.07) is 10.6. The molecule has 30 heavy (non-hydrogen) atoms. The number of anilines is 1. The number of nitrogens with one attached hydrogen (secondary N) is 1. The third-order valence-electron chi connectivity index (χ3n) is 5.95. The Morgan fingerprint density at radius 3 is 2.40 bits per heavy atom. The van der Waals surface area contributed by atoms with Gasteiger partial charge >= 0.3 is 0 Å². The monoisotopic (exact) mass is 401 g/mol. The lowest BCUT2D eigenvalue weighted by molar-refractivity contribution is 0.197. The molecule has 7 nitrogen and oxygen atoms in total. The van der Waals surface area contributed by atoms with Crippen molar-refractivity contribution in [3.05, 3.63) is 59.2 Å². The van der Waals surface area contributed by atoms with E-state index in [1.54, 1.807) is 12.4 Å². The van der Waals surface area contributed by atoms with Crippen LogP contribution in [-0.2, 0) is 6.42 Å². The van der Waals surface area contributed by atoms with Crippen LogP contribution in [0, 0.1) is 25.2 Å². The Morgan fingerprint density at radius 2 is 1.77 bits per heavy atom. The molecule has 0 radical (unpaired) electrons. The number of rotatable bonds is 5. The van der Waals surface area contributed by atoms with E-state index in [0.29, 0.717) is 12.5 Å². The lowest BCUT2D eigenvalue weighted by Gasteiger charge is -2.39. The number of aromatic amines is 1. The van der Waals surface area contributed by atoms with Crippen LogP contribution in [-0.4, -0.2) is 51.2 Å². The van der Waals surface area contributed by atoms with Crippen molar-refractivity contribution in [2.75, 3.05) is 31.1 Å². The van der Waals surface area contributed by atoms with Crippen molar-refractivity contribution in [3.63, 3.8) is 0 Å². The van der Waals surface area contributed by atoms with Crippen molar-refractivity contribution in [2.45, 2.75) is 33.2 Å². The smallest absolute Gasteiger partial charge is 0.155 e. The summed E-state index contributed by atoms with van der Waals surface area (Å²) in [4.78, 5) is 14.1. The Labute approximate surface area is 177 Å². The second kappa shape index (κ2) is 8.64. The van der Waals surface area contributed by atoms with E-state index in [1.165, 1.54) is 5.56 Å². The van der Waals surface area contributed by atoms with Gasteiger partial charge in [0.05, 0.1) is 18.2 Å². The first-order valence-electron chi connectivity index (χ1n) is 10.4. The van der Waals surface area contributed by atoms with Gasteiger partial charge in [0, 0.05) is 61.4 Å². The van der Waals surface area contributed by atoms with Crippen LogP contribution in [0.2, 0.25) is 0 Å². The highest BCUT2D eigenvalue weighted by atomic mass is 15.3. The number of hydrogen-bond donors (Lipinski definition) is 1. The summed E-state index contributed by atoms with van der Waals surface area (Å²) in [5, 5.41) is 16.3. The highest BCUT2D eigenvalue weighted by Crippen LogP contribution is 2.30. The van der Waals surface area contributed by atoms with Crippen LogP contribution in [0.1, 0.15) is 35.5 Å². The summed E-state index contributed by atoms with van der Waals surface area (Å²) in [5.74, 6) is 0.925. The van der Waals surface area contributed by atoms with Crippen molar-refractivity contribution >= 4 is 5.82 Å². The number of hydrogen-bond acceptors (Lipinski definition) is 6. The molecule has 1 N–H and O–H groups in total. The maximum absolute atomic E-state index is 8.88. The molecule has 2 aromatic heterocycles. The van der Waals surface area contributed by atoms with Crippen LogP contribution >= 0.6 is 0 Å². The molecule has 0 aliphatic carbocycles. The van der Waals surface area contributed by atoms with Gasteiger partial charge in [0.1, 0.15) is 5.69 Å².